The highest BCUT2D eigenvalue weighted by Gasteiger charge is 2.16. The molecule has 2 aromatic carbocycles. The first-order chi connectivity index (χ1) is 14.1. The highest BCUT2D eigenvalue weighted by Crippen LogP contribution is 2.21. The van der Waals surface area contributed by atoms with Crippen LogP contribution in [-0.2, 0) is 4.74 Å². The molecule has 0 radical (unpaired) electrons. The predicted octanol–water partition coefficient (Wildman–Crippen LogP) is 2.80. The number of aromatic nitrogens is 2. The third kappa shape index (κ3) is 4.16. The van der Waals surface area contributed by atoms with Gasteiger partial charge < -0.3 is 15.4 Å². The zero-order valence-corrected chi connectivity index (χ0v) is 15.4. The van der Waals surface area contributed by atoms with Crippen LogP contribution in [0.25, 0.3) is 5.69 Å². The number of carbonyl (C=O) groups is 1. The van der Waals surface area contributed by atoms with E-state index in [1.54, 1.807) is 0 Å². The molecule has 2 heterocycles. The van der Waals surface area contributed by atoms with Crippen molar-refractivity contribution in [2.24, 2.45) is 0 Å². The lowest BCUT2D eigenvalue weighted by atomic mass is 10.1. The molecule has 29 heavy (non-hydrogen) atoms. The molecule has 1 amide bonds. The maximum Gasteiger partial charge on any atom is 0.258 e. The number of benzene rings is 2. The van der Waals surface area contributed by atoms with E-state index >= 15 is 0 Å². The second-order valence-electron chi connectivity index (χ2n) is 6.59. The van der Waals surface area contributed by atoms with Crippen molar-refractivity contribution in [1.29, 1.82) is 5.26 Å². The van der Waals surface area contributed by atoms with Crippen LogP contribution in [0.15, 0.2) is 54.9 Å². The normalized spacial score (nSPS) is 16.2. The number of carbonyl (C=O) groups excluding carboxylic acids is 1. The summed E-state index contributed by atoms with van der Waals surface area (Å²) in [6, 6.07) is 13.2. The van der Waals surface area contributed by atoms with Gasteiger partial charge in [0.25, 0.3) is 5.91 Å². The Balaban J connectivity index is 1.46. The molecule has 8 heteroatoms. The summed E-state index contributed by atoms with van der Waals surface area (Å²) < 4.78 is 20.4. The molecule has 1 aliphatic heterocycles. The second kappa shape index (κ2) is 8.22. The fourth-order valence-electron chi connectivity index (χ4n) is 3.13. The van der Waals surface area contributed by atoms with E-state index in [0.717, 1.165) is 24.7 Å². The number of amides is 1. The zero-order valence-electron chi connectivity index (χ0n) is 15.4. The molecule has 146 valence electrons. The number of anilines is 1. The average molecular weight is 391 g/mol. The standard InChI is InChI=1S/C21H18FN5O2/c22-17-3-6-19(15(9-17)10-23)27-13-16(11-25-27)21(28)26-18-4-1-14(2-5-18)20-12-24-7-8-29-20/h1-6,9,11,13,20,24H,7-8,12H2,(H,26,28). The Morgan fingerprint density at radius 1 is 1.31 bits per heavy atom. The molecule has 0 saturated carbocycles. The Bertz CT molecular complexity index is 1070. The molecular weight excluding hydrogens is 373 g/mol. The van der Waals surface area contributed by atoms with Crippen LogP contribution in [0.4, 0.5) is 10.1 Å². The Kier molecular flexibility index (Phi) is 5.33. The van der Waals surface area contributed by atoms with E-state index in [4.69, 9.17) is 4.74 Å². The maximum absolute atomic E-state index is 13.3. The Morgan fingerprint density at radius 3 is 2.86 bits per heavy atom. The van der Waals surface area contributed by atoms with Gasteiger partial charge in [0, 0.05) is 25.0 Å². The monoisotopic (exact) mass is 391 g/mol. The van der Waals surface area contributed by atoms with E-state index < -0.39 is 5.82 Å². The van der Waals surface area contributed by atoms with Gasteiger partial charge in [-0.3, -0.25) is 4.79 Å². The van der Waals surface area contributed by atoms with Crippen LogP contribution >= 0.6 is 0 Å². The molecule has 0 bridgehead atoms. The first-order valence-electron chi connectivity index (χ1n) is 9.12. The minimum Gasteiger partial charge on any atom is -0.371 e. The summed E-state index contributed by atoms with van der Waals surface area (Å²) in [7, 11) is 0. The lowest BCUT2D eigenvalue weighted by Crippen LogP contribution is -2.33. The highest BCUT2D eigenvalue weighted by molar-refractivity contribution is 6.04. The molecule has 7 nitrogen and oxygen atoms in total. The SMILES string of the molecule is N#Cc1cc(F)ccc1-n1cc(C(=O)Nc2ccc(C3CNCCO3)cc2)cn1. The van der Waals surface area contributed by atoms with Crippen molar-refractivity contribution in [2.45, 2.75) is 6.10 Å². The summed E-state index contributed by atoms with van der Waals surface area (Å²) in [6.45, 7) is 2.29. The number of nitrogens with one attached hydrogen (secondary N) is 2. The number of nitriles is 1. The molecule has 1 atom stereocenters. The van der Waals surface area contributed by atoms with Gasteiger partial charge in [0.05, 0.1) is 35.7 Å². The summed E-state index contributed by atoms with van der Waals surface area (Å²) in [5.74, 6) is -0.839. The quantitative estimate of drug-likeness (QED) is 0.714. The number of nitrogens with zero attached hydrogens (tertiary/aromatic N) is 3. The number of hydrogen-bond acceptors (Lipinski definition) is 5. The van der Waals surface area contributed by atoms with Crippen molar-refractivity contribution in [2.75, 3.05) is 25.0 Å². The van der Waals surface area contributed by atoms with E-state index in [2.05, 4.69) is 15.7 Å². The van der Waals surface area contributed by atoms with Gasteiger partial charge in [0.1, 0.15) is 11.9 Å². The summed E-state index contributed by atoms with van der Waals surface area (Å²) in [5.41, 5.74) is 2.55. The number of ether oxygens (including phenoxy) is 1. The van der Waals surface area contributed by atoms with Gasteiger partial charge in [0.2, 0.25) is 0 Å². The lowest BCUT2D eigenvalue weighted by molar-refractivity contribution is 0.0277. The van der Waals surface area contributed by atoms with Crippen LogP contribution in [0, 0.1) is 17.1 Å². The third-order valence-corrected chi connectivity index (χ3v) is 4.64. The molecular formula is C21H18FN5O2. The zero-order chi connectivity index (χ0) is 20.2. The fraction of sp³-hybridized carbons (Fsp3) is 0.190. The van der Waals surface area contributed by atoms with Gasteiger partial charge >= 0.3 is 0 Å². The minimum atomic E-state index is -0.506. The number of hydrogen-bond donors (Lipinski definition) is 2. The first-order valence-corrected chi connectivity index (χ1v) is 9.12. The van der Waals surface area contributed by atoms with E-state index in [9.17, 15) is 14.4 Å². The van der Waals surface area contributed by atoms with Crippen LogP contribution in [0.1, 0.15) is 27.6 Å². The smallest absolute Gasteiger partial charge is 0.258 e. The number of morpholine rings is 1. The molecule has 2 N–H and O–H groups in total. The van der Waals surface area contributed by atoms with E-state index in [0.29, 0.717) is 23.5 Å². The van der Waals surface area contributed by atoms with E-state index in [1.807, 2.05) is 30.3 Å². The Labute approximate surface area is 166 Å². The summed E-state index contributed by atoms with van der Waals surface area (Å²) in [5, 5.41) is 19.4. The van der Waals surface area contributed by atoms with Crippen molar-refractivity contribution in [3.8, 4) is 11.8 Å². The van der Waals surface area contributed by atoms with Crippen LogP contribution in [0.5, 0.6) is 0 Å². The topological polar surface area (TPSA) is 92.0 Å². The summed E-state index contributed by atoms with van der Waals surface area (Å²) in [6.07, 6.45) is 2.91. The van der Waals surface area contributed by atoms with Crippen molar-refractivity contribution in [1.82, 2.24) is 15.1 Å². The Morgan fingerprint density at radius 2 is 2.14 bits per heavy atom. The van der Waals surface area contributed by atoms with Gasteiger partial charge in [-0.1, -0.05) is 12.1 Å². The van der Waals surface area contributed by atoms with Crippen LogP contribution < -0.4 is 10.6 Å². The second-order valence-corrected chi connectivity index (χ2v) is 6.59. The summed E-state index contributed by atoms with van der Waals surface area (Å²) in [4.78, 5) is 12.5. The van der Waals surface area contributed by atoms with Crippen molar-refractivity contribution in [3.05, 3.63) is 77.4 Å². The number of halogens is 1. The number of rotatable bonds is 4. The van der Waals surface area contributed by atoms with Gasteiger partial charge in [-0.05, 0) is 35.9 Å². The molecule has 1 fully saturated rings. The fourth-order valence-corrected chi connectivity index (χ4v) is 3.13. The van der Waals surface area contributed by atoms with Gasteiger partial charge in [-0.15, -0.1) is 0 Å². The maximum atomic E-state index is 13.3. The lowest BCUT2D eigenvalue weighted by Gasteiger charge is -2.24. The average Bonchev–Trinajstić information content (AvgIpc) is 3.25. The molecule has 0 aliphatic carbocycles. The third-order valence-electron chi connectivity index (χ3n) is 4.64. The molecule has 1 saturated heterocycles. The Hall–Kier alpha value is -3.54. The van der Waals surface area contributed by atoms with Crippen molar-refractivity contribution >= 4 is 11.6 Å². The van der Waals surface area contributed by atoms with Gasteiger partial charge in [-0.25, -0.2) is 9.07 Å². The van der Waals surface area contributed by atoms with Crippen LogP contribution in [-0.4, -0.2) is 35.4 Å². The van der Waals surface area contributed by atoms with Gasteiger partial charge in [0.15, 0.2) is 0 Å². The molecule has 3 aromatic rings. The van der Waals surface area contributed by atoms with Crippen LogP contribution in [0.2, 0.25) is 0 Å². The molecule has 1 unspecified atom stereocenters. The van der Waals surface area contributed by atoms with Crippen molar-refractivity contribution in [3.63, 3.8) is 0 Å². The molecule has 1 aromatic heterocycles. The summed E-state index contributed by atoms with van der Waals surface area (Å²) >= 11 is 0. The largest absolute Gasteiger partial charge is 0.371 e. The van der Waals surface area contributed by atoms with Gasteiger partial charge in [-0.2, -0.15) is 10.4 Å². The predicted molar refractivity (Wildman–Crippen MR) is 104 cm³/mol. The van der Waals surface area contributed by atoms with E-state index in [-0.39, 0.29) is 17.6 Å². The van der Waals surface area contributed by atoms with E-state index in [1.165, 1.54) is 29.2 Å². The highest BCUT2D eigenvalue weighted by atomic mass is 19.1. The molecule has 0 spiro atoms. The first kappa shape index (κ1) is 18.8. The minimum absolute atomic E-state index is 0.0109. The van der Waals surface area contributed by atoms with Crippen LogP contribution in [0.3, 0.4) is 0 Å². The van der Waals surface area contributed by atoms with Crippen molar-refractivity contribution < 1.29 is 13.9 Å². The molecule has 4 rings (SSSR count). The molecule has 1 aliphatic rings.